The Hall–Kier alpha value is -1.42. The van der Waals surface area contributed by atoms with E-state index in [0.29, 0.717) is 0 Å². The number of thiophene rings is 1. The van der Waals surface area contributed by atoms with Gasteiger partial charge in [-0.15, -0.1) is 11.3 Å². The van der Waals surface area contributed by atoms with Gasteiger partial charge in [-0.3, -0.25) is 10.1 Å². The van der Waals surface area contributed by atoms with Crippen LogP contribution in [0, 0.1) is 10.1 Å². The first-order valence-electron chi connectivity index (χ1n) is 5.37. The lowest BCUT2D eigenvalue weighted by atomic mass is 10.1. The molecule has 0 radical (unpaired) electrons. The van der Waals surface area contributed by atoms with Gasteiger partial charge in [-0.1, -0.05) is 13.3 Å². The Bertz CT molecular complexity index is 519. The minimum Gasteiger partial charge on any atom is -0.258 e. The maximum atomic E-state index is 10.7. The summed E-state index contributed by atoms with van der Waals surface area (Å²) >= 11 is 1.66. The van der Waals surface area contributed by atoms with Crippen molar-refractivity contribution >= 4 is 27.1 Å². The fourth-order valence-electron chi connectivity index (χ4n) is 1.74. The Morgan fingerprint density at radius 1 is 1.44 bits per heavy atom. The summed E-state index contributed by atoms with van der Waals surface area (Å²) in [7, 11) is 0. The van der Waals surface area contributed by atoms with Crippen molar-refractivity contribution in [3.8, 4) is 0 Å². The maximum Gasteiger partial charge on any atom is 0.270 e. The highest BCUT2D eigenvalue weighted by molar-refractivity contribution is 7.17. The van der Waals surface area contributed by atoms with Crippen LogP contribution in [0.25, 0.3) is 10.1 Å². The first-order chi connectivity index (χ1) is 7.72. The molecule has 0 bridgehead atoms. The van der Waals surface area contributed by atoms with Crippen molar-refractivity contribution in [1.29, 1.82) is 0 Å². The summed E-state index contributed by atoms with van der Waals surface area (Å²) in [5.41, 5.74) is 1.43. The number of aryl methyl sites for hydroxylation is 1. The summed E-state index contributed by atoms with van der Waals surface area (Å²) in [5.74, 6) is 0. The van der Waals surface area contributed by atoms with Crippen molar-refractivity contribution in [2.75, 3.05) is 0 Å². The number of non-ortho nitro benzene ring substituents is 1. The van der Waals surface area contributed by atoms with Gasteiger partial charge in [-0.05, 0) is 29.9 Å². The minimum absolute atomic E-state index is 0.184. The largest absolute Gasteiger partial charge is 0.270 e. The maximum absolute atomic E-state index is 10.7. The van der Waals surface area contributed by atoms with Crippen LogP contribution in [0.5, 0.6) is 0 Å². The third-order valence-corrected chi connectivity index (χ3v) is 3.66. The van der Waals surface area contributed by atoms with E-state index in [1.54, 1.807) is 23.5 Å². The molecule has 3 nitrogen and oxygen atoms in total. The number of benzene rings is 1. The van der Waals surface area contributed by atoms with Crippen LogP contribution in [-0.4, -0.2) is 4.92 Å². The van der Waals surface area contributed by atoms with E-state index in [-0.39, 0.29) is 10.6 Å². The lowest BCUT2D eigenvalue weighted by molar-refractivity contribution is -0.384. The standard InChI is InChI=1S/C12H13NO2S/c1-2-3-4-9-8-16-12-6-5-10(13(14)15)7-11(9)12/h5-8H,2-4H2,1H3. The second-order valence-corrected chi connectivity index (χ2v) is 4.71. The van der Waals surface area contributed by atoms with Gasteiger partial charge in [0, 0.05) is 22.2 Å². The summed E-state index contributed by atoms with van der Waals surface area (Å²) in [6.07, 6.45) is 3.29. The molecule has 0 spiro atoms. The number of hydrogen-bond acceptors (Lipinski definition) is 3. The monoisotopic (exact) mass is 235 g/mol. The number of hydrogen-bond donors (Lipinski definition) is 0. The van der Waals surface area contributed by atoms with Gasteiger partial charge in [0.05, 0.1) is 4.92 Å². The van der Waals surface area contributed by atoms with Gasteiger partial charge in [0.1, 0.15) is 0 Å². The predicted octanol–water partition coefficient (Wildman–Crippen LogP) is 4.15. The van der Waals surface area contributed by atoms with Crippen molar-refractivity contribution in [2.45, 2.75) is 26.2 Å². The molecule has 0 aliphatic carbocycles. The van der Waals surface area contributed by atoms with Gasteiger partial charge in [-0.2, -0.15) is 0 Å². The fraction of sp³-hybridized carbons (Fsp3) is 0.333. The second-order valence-electron chi connectivity index (χ2n) is 3.80. The van der Waals surface area contributed by atoms with E-state index in [0.717, 1.165) is 29.3 Å². The zero-order valence-electron chi connectivity index (χ0n) is 9.10. The van der Waals surface area contributed by atoms with E-state index in [1.807, 2.05) is 6.07 Å². The summed E-state index contributed by atoms with van der Waals surface area (Å²) < 4.78 is 1.14. The average Bonchev–Trinajstić information content (AvgIpc) is 2.68. The van der Waals surface area contributed by atoms with Crippen LogP contribution in [0.3, 0.4) is 0 Å². The van der Waals surface area contributed by atoms with Crippen LogP contribution in [0.1, 0.15) is 25.3 Å². The van der Waals surface area contributed by atoms with Crippen LogP contribution in [0.4, 0.5) is 5.69 Å². The predicted molar refractivity (Wildman–Crippen MR) is 67.1 cm³/mol. The molecule has 0 aliphatic rings. The molecule has 1 aromatic heterocycles. The Morgan fingerprint density at radius 2 is 2.25 bits per heavy atom. The van der Waals surface area contributed by atoms with Crippen molar-refractivity contribution in [2.24, 2.45) is 0 Å². The smallest absolute Gasteiger partial charge is 0.258 e. The van der Waals surface area contributed by atoms with Crippen molar-refractivity contribution in [3.63, 3.8) is 0 Å². The average molecular weight is 235 g/mol. The molecular formula is C12H13NO2S. The molecule has 2 rings (SSSR count). The van der Waals surface area contributed by atoms with Gasteiger partial charge in [0.25, 0.3) is 5.69 Å². The summed E-state index contributed by atoms with van der Waals surface area (Å²) in [6.45, 7) is 2.15. The Morgan fingerprint density at radius 3 is 2.94 bits per heavy atom. The van der Waals surface area contributed by atoms with Gasteiger partial charge in [0.15, 0.2) is 0 Å². The lowest BCUT2D eigenvalue weighted by Crippen LogP contribution is -1.87. The van der Waals surface area contributed by atoms with Gasteiger partial charge < -0.3 is 0 Å². The third kappa shape index (κ3) is 2.07. The van der Waals surface area contributed by atoms with Crippen LogP contribution < -0.4 is 0 Å². The molecule has 0 atom stereocenters. The topological polar surface area (TPSA) is 43.1 Å². The SMILES string of the molecule is CCCCc1csc2ccc([N+](=O)[O-])cc12. The van der Waals surface area contributed by atoms with Crippen LogP contribution in [0.15, 0.2) is 23.6 Å². The number of rotatable bonds is 4. The molecule has 4 heteroatoms. The van der Waals surface area contributed by atoms with E-state index in [4.69, 9.17) is 0 Å². The zero-order chi connectivity index (χ0) is 11.5. The van der Waals surface area contributed by atoms with E-state index < -0.39 is 0 Å². The number of unbranched alkanes of at least 4 members (excludes halogenated alkanes) is 1. The highest BCUT2D eigenvalue weighted by Gasteiger charge is 2.10. The summed E-state index contributed by atoms with van der Waals surface area (Å²) in [5, 5.41) is 13.9. The van der Waals surface area contributed by atoms with Crippen molar-refractivity contribution in [1.82, 2.24) is 0 Å². The normalized spacial score (nSPS) is 10.8. The quantitative estimate of drug-likeness (QED) is 0.590. The molecular weight excluding hydrogens is 222 g/mol. The Labute approximate surface area is 97.9 Å². The van der Waals surface area contributed by atoms with Crippen LogP contribution >= 0.6 is 11.3 Å². The molecule has 0 amide bonds. The fourth-order valence-corrected chi connectivity index (χ4v) is 2.72. The molecule has 84 valence electrons. The highest BCUT2D eigenvalue weighted by Crippen LogP contribution is 2.30. The molecule has 0 unspecified atom stereocenters. The van der Waals surface area contributed by atoms with Gasteiger partial charge >= 0.3 is 0 Å². The molecule has 0 fully saturated rings. The molecule has 1 heterocycles. The molecule has 0 saturated heterocycles. The van der Waals surface area contributed by atoms with Gasteiger partial charge in [0.2, 0.25) is 0 Å². The van der Waals surface area contributed by atoms with Crippen LogP contribution in [0.2, 0.25) is 0 Å². The number of nitrogens with zero attached hydrogens (tertiary/aromatic N) is 1. The van der Waals surface area contributed by atoms with E-state index in [9.17, 15) is 10.1 Å². The highest BCUT2D eigenvalue weighted by atomic mass is 32.1. The van der Waals surface area contributed by atoms with Crippen molar-refractivity contribution in [3.05, 3.63) is 39.3 Å². The Kier molecular flexibility index (Phi) is 3.19. The number of fused-ring (bicyclic) bond motifs is 1. The number of nitro groups is 1. The van der Waals surface area contributed by atoms with E-state index in [2.05, 4.69) is 12.3 Å². The molecule has 2 aromatic rings. The zero-order valence-corrected chi connectivity index (χ0v) is 9.92. The van der Waals surface area contributed by atoms with E-state index >= 15 is 0 Å². The number of nitro benzene ring substituents is 1. The molecule has 1 aromatic carbocycles. The lowest BCUT2D eigenvalue weighted by Gasteiger charge is -1.97. The first-order valence-corrected chi connectivity index (χ1v) is 6.25. The van der Waals surface area contributed by atoms with Crippen LogP contribution in [-0.2, 0) is 6.42 Å². The third-order valence-electron chi connectivity index (χ3n) is 2.65. The van der Waals surface area contributed by atoms with Crippen molar-refractivity contribution < 1.29 is 4.92 Å². The molecule has 0 saturated carbocycles. The summed E-state index contributed by atoms with van der Waals surface area (Å²) in [6, 6.07) is 5.10. The molecule has 0 aliphatic heterocycles. The first kappa shape index (κ1) is 11.1. The summed E-state index contributed by atoms with van der Waals surface area (Å²) in [4.78, 5) is 10.4. The molecule has 16 heavy (non-hydrogen) atoms. The second kappa shape index (κ2) is 4.61. The molecule has 0 N–H and O–H groups in total. The minimum atomic E-state index is -0.333. The Balaban J connectivity index is 2.43. The van der Waals surface area contributed by atoms with E-state index in [1.165, 1.54) is 5.56 Å². The van der Waals surface area contributed by atoms with Gasteiger partial charge in [-0.25, -0.2) is 0 Å².